The van der Waals surface area contributed by atoms with Crippen molar-refractivity contribution in [3.8, 4) is 0 Å². The Kier molecular flexibility index (Phi) is 5.45. The number of hydrogen-bond donors (Lipinski definition) is 2. The molecule has 0 aliphatic heterocycles. The third kappa shape index (κ3) is 4.34. The smallest absolute Gasteiger partial charge is 0.308 e. The molecule has 3 unspecified atom stereocenters. The third-order valence-corrected chi connectivity index (χ3v) is 5.02. The molecule has 0 heterocycles. The van der Waals surface area contributed by atoms with Crippen LogP contribution in [0.3, 0.4) is 0 Å². The molecule has 1 amide bonds. The number of nitrogens with one attached hydrogen (secondary N) is 1. The van der Waals surface area contributed by atoms with Crippen molar-refractivity contribution in [1.82, 2.24) is 5.32 Å². The molecule has 3 atom stereocenters. The monoisotopic (exact) mass is 317 g/mol. The third-order valence-electron chi connectivity index (χ3n) is 5.02. The molecule has 4 heteroatoms. The second-order valence-electron chi connectivity index (χ2n) is 7.13. The van der Waals surface area contributed by atoms with Gasteiger partial charge in [0.25, 0.3) is 0 Å². The molecule has 1 fully saturated rings. The molecule has 126 valence electrons. The van der Waals surface area contributed by atoms with Gasteiger partial charge in [-0.2, -0.15) is 0 Å². The molecule has 1 saturated carbocycles. The van der Waals surface area contributed by atoms with Crippen LogP contribution < -0.4 is 5.32 Å². The first-order chi connectivity index (χ1) is 10.8. The van der Waals surface area contributed by atoms with Gasteiger partial charge in [0.05, 0.1) is 11.5 Å². The minimum Gasteiger partial charge on any atom is -0.481 e. The highest BCUT2D eigenvalue weighted by molar-refractivity contribution is 5.81. The molecule has 0 bridgehead atoms. The van der Waals surface area contributed by atoms with E-state index in [0.717, 1.165) is 24.8 Å². The lowest BCUT2D eigenvalue weighted by Gasteiger charge is -2.40. The number of hydrogen-bond acceptors (Lipinski definition) is 2. The molecule has 1 aliphatic carbocycles. The van der Waals surface area contributed by atoms with Gasteiger partial charge in [0.1, 0.15) is 0 Å². The Balaban J connectivity index is 2.01. The summed E-state index contributed by atoms with van der Waals surface area (Å²) in [6, 6.07) is 8.18. The lowest BCUT2D eigenvalue weighted by molar-refractivity contribution is -0.147. The van der Waals surface area contributed by atoms with E-state index in [1.807, 2.05) is 45.0 Å². The maximum absolute atomic E-state index is 12.6. The van der Waals surface area contributed by atoms with Crippen molar-refractivity contribution >= 4 is 11.9 Å². The van der Waals surface area contributed by atoms with Gasteiger partial charge in [0.15, 0.2) is 0 Å². The second kappa shape index (κ2) is 7.16. The Bertz CT molecular complexity index is 566. The van der Waals surface area contributed by atoms with Crippen molar-refractivity contribution in [1.29, 1.82) is 0 Å². The minimum absolute atomic E-state index is 0.0544. The molecule has 2 rings (SSSR count). The molecule has 1 aromatic rings. The highest BCUT2D eigenvalue weighted by Gasteiger charge is 2.42. The first kappa shape index (κ1) is 17.5. The van der Waals surface area contributed by atoms with Crippen LogP contribution in [0.2, 0.25) is 0 Å². The molecular weight excluding hydrogens is 290 g/mol. The van der Waals surface area contributed by atoms with Crippen molar-refractivity contribution in [3.05, 3.63) is 35.4 Å². The second-order valence-corrected chi connectivity index (χ2v) is 7.13. The number of rotatable bonds is 5. The van der Waals surface area contributed by atoms with E-state index in [0.29, 0.717) is 12.8 Å². The number of aliphatic carboxylic acids is 1. The molecule has 4 nitrogen and oxygen atoms in total. The standard InChI is InChI=1S/C19H27NO3/c1-13-7-9-15(10-8-13)12-14(2)17(21)20-19(3)11-5-4-6-16(19)18(22)23/h7-10,14,16H,4-6,11-12H2,1-3H3,(H,20,21)(H,22,23). The van der Waals surface area contributed by atoms with Gasteiger partial charge in [0.2, 0.25) is 5.91 Å². The number of carbonyl (C=O) groups excluding carboxylic acids is 1. The summed E-state index contributed by atoms with van der Waals surface area (Å²) in [7, 11) is 0. The predicted octanol–water partition coefficient (Wildman–Crippen LogP) is 3.32. The van der Waals surface area contributed by atoms with Crippen LogP contribution in [0.15, 0.2) is 24.3 Å². The maximum Gasteiger partial charge on any atom is 0.308 e. The maximum atomic E-state index is 12.6. The first-order valence-electron chi connectivity index (χ1n) is 8.42. The van der Waals surface area contributed by atoms with E-state index in [1.54, 1.807) is 0 Å². The summed E-state index contributed by atoms with van der Waals surface area (Å²) in [6.07, 6.45) is 3.92. The lowest BCUT2D eigenvalue weighted by Crippen LogP contribution is -2.56. The molecule has 0 saturated heterocycles. The molecular formula is C19H27NO3. The van der Waals surface area contributed by atoms with Crippen molar-refractivity contribution < 1.29 is 14.7 Å². The Labute approximate surface area is 138 Å². The van der Waals surface area contributed by atoms with E-state index in [1.165, 1.54) is 5.56 Å². The van der Waals surface area contributed by atoms with Crippen LogP contribution in [-0.2, 0) is 16.0 Å². The van der Waals surface area contributed by atoms with Crippen LogP contribution in [-0.4, -0.2) is 22.5 Å². The van der Waals surface area contributed by atoms with Crippen LogP contribution in [0.1, 0.15) is 50.7 Å². The Morgan fingerprint density at radius 1 is 1.30 bits per heavy atom. The van der Waals surface area contributed by atoms with E-state index in [9.17, 15) is 14.7 Å². The summed E-state index contributed by atoms with van der Waals surface area (Å²) >= 11 is 0. The van der Waals surface area contributed by atoms with E-state index in [-0.39, 0.29) is 11.8 Å². The van der Waals surface area contributed by atoms with Crippen molar-refractivity contribution in [3.63, 3.8) is 0 Å². The summed E-state index contributed by atoms with van der Waals surface area (Å²) < 4.78 is 0. The van der Waals surface area contributed by atoms with Crippen molar-refractivity contribution in [2.75, 3.05) is 0 Å². The SMILES string of the molecule is Cc1ccc(CC(C)C(=O)NC2(C)CCCCC2C(=O)O)cc1. The molecule has 0 radical (unpaired) electrons. The van der Waals surface area contributed by atoms with E-state index in [2.05, 4.69) is 5.32 Å². The fourth-order valence-corrected chi connectivity index (χ4v) is 3.45. The molecule has 1 aromatic carbocycles. The number of carboxylic acid groups (broad SMARTS) is 1. The molecule has 2 N–H and O–H groups in total. The predicted molar refractivity (Wildman–Crippen MR) is 90.2 cm³/mol. The topological polar surface area (TPSA) is 66.4 Å². The highest BCUT2D eigenvalue weighted by atomic mass is 16.4. The van der Waals surface area contributed by atoms with Gasteiger partial charge in [-0.25, -0.2) is 0 Å². The zero-order valence-electron chi connectivity index (χ0n) is 14.3. The summed E-state index contributed by atoms with van der Waals surface area (Å²) in [5, 5.41) is 12.5. The van der Waals surface area contributed by atoms with Crippen LogP contribution in [0.5, 0.6) is 0 Å². The summed E-state index contributed by atoms with van der Waals surface area (Å²) in [6.45, 7) is 5.81. The zero-order valence-corrected chi connectivity index (χ0v) is 14.3. The number of amides is 1. The Morgan fingerprint density at radius 3 is 2.57 bits per heavy atom. The fourth-order valence-electron chi connectivity index (χ4n) is 3.45. The van der Waals surface area contributed by atoms with Gasteiger partial charge in [-0.1, -0.05) is 49.6 Å². The van der Waals surface area contributed by atoms with Gasteiger partial charge >= 0.3 is 5.97 Å². The van der Waals surface area contributed by atoms with Gasteiger partial charge in [0, 0.05) is 5.92 Å². The van der Waals surface area contributed by atoms with Crippen molar-refractivity contribution in [2.24, 2.45) is 11.8 Å². The quantitative estimate of drug-likeness (QED) is 0.875. The highest BCUT2D eigenvalue weighted by Crippen LogP contribution is 2.34. The fraction of sp³-hybridized carbons (Fsp3) is 0.579. The summed E-state index contributed by atoms with van der Waals surface area (Å²) in [5.41, 5.74) is 1.69. The van der Waals surface area contributed by atoms with Gasteiger partial charge in [-0.05, 0) is 38.7 Å². The summed E-state index contributed by atoms with van der Waals surface area (Å²) in [5.74, 6) is -1.53. The normalized spacial score (nSPS) is 25.6. The van der Waals surface area contributed by atoms with Gasteiger partial charge in [-0.15, -0.1) is 0 Å². The Morgan fingerprint density at radius 2 is 1.96 bits per heavy atom. The van der Waals surface area contributed by atoms with Crippen LogP contribution in [0.4, 0.5) is 0 Å². The van der Waals surface area contributed by atoms with Crippen LogP contribution in [0.25, 0.3) is 0 Å². The number of aryl methyl sites for hydroxylation is 1. The first-order valence-corrected chi connectivity index (χ1v) is 8.42. The lowest BCUT2D eigenvalue weighted by atomic mass is 9.73. The van der Waals surface area contributed by atoms with E-state index in [4.69, 9.17) is 0 Å². The number of carboxylic acids is 1. The van der Waals surface area contributed by atoms with Gasteiger partial charge < -0.3 is 10.4 Å². The zero-order chi connectivity index (χ0) is 17.0. The Hall–Kier alpha value is -1.84. The van der Waals surface area contributed by atoms with Crippen molar-refractivity contribution in [2.45, 2.75) is 58.4 Å². The molecule has 0 aromatic heterocycles. The van der Waals surface area contributed by atoms with E-state index < -0.39 is 17.4 Å². The number of carbonyl (C=O) groups is 2. The van der Waals surface area contributed by atoms with E-state index >= 15 is 0 Å². The van der Waals surface area contributed by atoms with Gasteiger partial charge in [-0.3, -0.25) is 9.59 Å². The van der Waals surface area contributed by atoms with Crippen LogP contribution in [0, 0.1) is 18.8 Å². The molecule has 23 heavy (non-hydrogen) atoms. The number of benzene rings is 1. The largest absolute Gasteiger partial charge is 0.481 e. The van der Waals surface area contributed by atoms with Crippen LogP contribution >= 0.6 is 0 Å². The summed E-state index contributed by atoms with van der Waals surface area (Å²) in [4.78, 5) is 24.0. The average molecular weight is 317 g/mol. The molecule has 0 spiro atoms. The minimum atomic E-state index is -0.807. The molecule has 1 aliphatic rings. The average Bonchev–Trinajstić information content (AvgIpc) is 2.49.